The molecule has 4 aromatic heterocycles. The fourth-order valence-electron chi connectivity index (χ4n) is 15.3. The Morgan fingerprint density at radius 2 is 0.455 bits per heavy atom. The number of hydrogen-bond acceptors (Lipinski definition) is 10. The summed E-state index contributed by atoms with van der Waals surface area (Å²) in [5, 5.41) is 13.3. The molecule has 0 atom stereocenters. The Balaban J connectivity index is 0.000000145. The number of benzene rings is 17. The second-order valence-electron chi connectivity index (χ2n) is 27.3. The van der Waals surface area contributed by atoms with Gasteiger partial charge in [0, 0.05) is 101 Å². The van der Waals surface area contributed by atoms with E-state index in [1.807, 2.05) is 133 Å². The van der Waals surface area contributed by atoms with Gasteiger partial charge in [0.2, 0.25) is 0 Å². The lowest BCUT2D eigenvalue weighted by Gasteiger charge is -2.26. The molecule has 0 aliphatic carbocycles. The maximum atomic E-state index is 6.86. The Morgan fingerprint density at radius 1 is 0.173 bits per heavy atom. The van der Waals surface area contributed by atoms with Gasteiger partial charge in [-0.1, -0.05) is 291 Å². The van der Waals surface area contributed by atoms with Crippen molar-refractivity contribution < 1.29 is 8.83 Å². The summed E-state index contributed by atoms with van der Waals surface area (Å²) in [5.74, 6) is 3.67. The molecule has 0 radical (unpaired) electrons. The third kappa shape index (κ3) is 12.1. The van der Waals surface area contributed by atoms with Gasteiger partial charge in [-0.05, 0) is 139 Å². The number of anilines is 6. The van der Waals surface area contributed by atoms with Crippen LogP contribution in [0.1, 0.15) is 0 Å². The number of fused-ring (bicyclic) bond motifs is 12. The van der Waals surface area contributed by atoms with Crippen LogP contribution in [0.3, 0.4) is 0 Å². The van der Waals surface area contributed by atoms with Gasteiger partial charge in [0.05, 0.1) is 0 Å². The smallest absolute Gasteiger partial charge is 0.164 e. The van der Waals surface area contributed by atoms with Crippen LogP contribution in [0.5, 0.6) is 0 Å². The molecule has 0 bridgehead atoms. The second kappa shape index (κ2) is 27.8. The predicted octanol–water partition coefficient (Wildman–Crippen LogP) is 26.8. The van der Waals surface area contributed by atoms with Gasteiger partial charge in [0.1, 0.15) is 22.3 Å². The molecular formula is C100H64N8O2. The van der Waals surface area contributed by atoms with E-state index in [9.17, 15) is 0 Å². The van der Waals surface area contributed by atoms with Gasteiger partial charge >= 0.3 is 0 Å². The van der Waals surface area contributed by atoms with Gasteiger partial charge in [-0.25, -0.2) is 29.9 Å². The monoisotopic (exact) mass is 1410 g/mol. The summed E-state index contributed by atoms with van der Waals surface area (Å²) in [7, 11) is 0. The highest BCUT2D eigenvalue weighted by atomic mass is 16.3. The SMILES string of the molecule is c1ccc(-c2ccc(N(c3ccc4ccccc4c3)c3ccc4c(c3)oc3cc(-c5nc(-c6ccccc6)nc(-c6ccccc6)n5)c5ccccc5c34)cc2)cc1.c1ccc(-c2nc(-c3ccccc3)nc(-c3cc4oc5cc(N(c6ccccc6)c6ccc7ccccc7c6)ccc5c4c4ccccc34)n2)cc1. The quantitative estimate of drug-likeness (QED) is 0.111. The van der Waals surface area contributed by atoms with E-state index in [-0.39, 0.29) is 0 Å². The van der Waals surface area contributed by atoms with Crippen LogP contribution in [0.25, 0.3) is 166 Å². The zero-order valence-corrected chi connectivity index (χ0v) is 59.3. The molecule has 10 heteroatoms. The predicted molar refractivity (Wildman–Crippen MR) is 452 cm³/mol. The van der Waals surface area contributed by atoms with Crippen molar-refractivity contribution in [3.8, 4) is 79.5 Å². The molecule has 10 nitrogen and oxygen atoms in total. The van der Waals surface area contributed by atoms with Crippen molar-refractivity contribution in [1.82, 2.24) is 29.9 Å². The molecule has 516 valence electrons. The van der Waals surface area contributed by atoms with Crippen LogP contribution in [0.15, 0.2) is 397 Å². The maximum Gasteiger partial charge on any atom is 0.164 e. The van der Waals surface area contributed by atoms with Gasteiger partial charge in [-0.2, -0.15) is 0 Å². The molecule has 0 saturated carbocycles. The van der Waals surface area contributed by atoms with E-state index >= 15 is 0 Å². The lowest BCUT2D eigenvalue weighted by Crippen LogP contribution is -2.09. The lowest BCUT2D eigenvalue weighted by molar-refractivity contribution is 0.669. The van der Waals surface area contributed by atoms with E-state index in [2.05, 4.69) is 265 Å². The largest absolute Gasteiger partial charge is 0.456 e. The number of nitrogens with zero attached hydrogens (tertiary/aromatic N) is 8. The van der Waals surface area contributed by atoms with Gasteiger partial charge < -0.3 is 18.6 Å². The normalized spacial score (nSPS) is 11.5. The minimum atomic E-state index is 0.591. The average Bonchev–Trinajstić information content (AvgIpc) is 1.56. The highest BCUT2D eigenvalue weighted by Crippen LogP contribution is 2.47. The second-order valence-corrected chi connectivity index (χ2v) is 27.3. The first-order valence-electron chi connectivity index (χ1n) is 36.8. The number of furan rings is 2. The zero-order chi connectivity index (χ0) is 72.9. The fraction of sp³-hybridized carbons (Fsp3) is 0. The van der Waals surface area contributed by atoms with Crippen LogP contribution in [-0.4, -0.2) is 29.9 Å². The van der Waals surface area contributed by atoms with E-state index in [1.54, 1.807) is 0 Å². The zero-order valence-electron chi connectivity index (χ0n) is 59.3. The van der Waals surface area contributed by atoms with Crippen LogP contribution in [0.4, 0.5) is 34.1 Å². The van der Waals surface area contributed by atoms with Crippen molar-refractivity contribution in [3.05, 3.63) is 388 Å². The standard InChI is InChI=1S/C53H34N4O.C47H30N4O/c1-4-14-35(15-5-1)37-24-27-41(28-25-37)57(42-29-26-36-16-10-11-21-40(36)32-42)43-30-31-46-48(33-43)58-49-34-47(44-22-12-13-23-45(44)50(46)49)53-55-51(38-17-6-2-7-18-38)54-52(56-53)39-19-8-3-9-20-39;1-4-15-32(16-5-1)45-48-46(33-17-6-2-7-18-33)50-47(49-45)41-30-43-44(39-23-13-12-22-38(39)41)40-27-26-37(29-42(40)52-43)51(35-20-8-3-9-21-35)36-25-24-31-14-10-11-19-34(31)28-36/h1-34H;1-30H. The van der Waals surface area contributed by atoms with Crippen LogP contribution in [-0.2, 0) is 0 Å². The molecular weight excluding hydrogens is 1350 g/mol. The number of para-hydroxylation sites is 1. The summed E-state index contributed by atoms with van der Waals surface area (Å²) >= 11 is 0. The Labute approximate surface area is 633 Å². The number of rotatable bonds is 13. The van der Waals surface area contributed by atoms with E-state index in [0.717, 1.165) is 133 Å². The fourth-order valence-corrected chi connectivity index (χ4v) is 15.3. The molecule has 0 amide bonds. The van der Waals surface area contributed by atoms with Gasteiger partial charge in [-0.3, -0.25) is 0 Å². The van der Waals surface area contributed by atoms with E-state index in [4.69, 9.17) is 38.7 Å². The molecule has 4 heterocycles. The summed E-state index contributed by atoms with van der Waals surface area (Å²) < 4.78 is 13.7. The summed E-state index contributed by atoms with van der Waals surface area (Å²) in [5.41, 5.74) is 17.3. The molecule has 0 aliphatic rings. The van der Waals surface area contributed by atoms with E-state index < -0.39 is 0 Å². The van der Waals surface area contributed by atoms with Crippen molar-refractivity contribution in [3.63, 3.8) is 0 Å². The molecule has 17 aromatic carbocycles. The van der Waals surface area contributed by atoms with Crippen molar-refractivity contribution in [1.29, 1.82) is 0 Å². The first-order valence-corrected chi connectivity index (χ1v) is 36.8. The van der Waals surface area contributed by atoms with Crippen molar-refractivity contribution in [2.45, 2.75) is 0 Å². The molecule has 0 fully saturated rings. The van der Waals surface area contributed by atoms with E-state index in [0.29, 0.717) is 34.9 Å². The summed E-state index contributed by atoms with van der Waals surface area (Å²) in [6, 6.07) is 134. The van der Waals surface area contributed by atoms with Crippen molar-refractivity contribution in [2.24, 2.45) is 0 Å². The molecule has 0 aliphatic heterocycles. The Hall–Kier alpha value is -15.0. The summed E-state index contributed by atoms with van der Waals surface area (Å²) in [6.07, 6.45) is 0. The van der Waals surface area contributed by atoms with Crippen LogP contribution in [0.2, 0.25) is 0 Å². The molecule has 0 unspecified atom stereocenters. The molecule has 0 saturated heterocycles. The lowest BCUT2D eigenvalue weighted by atomic mass is 9.98. The number of hydrogen-bond donors (Lipinski definition) is 0. The Kier molecular flexibility index (Phi) is 16.3. The molecule has 21 aromatic rings. The van der Waals surface area contributed by atoms with Crippen LogP contribution in [0, 0.1) is 0 Å². The molecule has 110 heavy (non-hydrogen) atoms. The minimum absolute atomic E-state index is 0.591. The van der Waals surface area contributed by atoms with Crippen LogP contribution < -0.4 is 9.80 Å². The average molecular weight is 1410 g/mol. The van der Waals surface area contributed by atoms with Crippen molar-refractivity contribution in [2.75, 3.05) is 9.80 Å². The minimum Gasteiger partial charge on any atom is -0.456 e. The molecule has 0 spiro atoms. The van der Waals surface area contributed by atoms with Gasteiger partial charge in [-0.15, -0.1) is 0 Å². The first kappa shape index (κ1) is 64.6. The Bertz CT molecular complexity index is 6910. The van der Waals surface area contributed by atoms with Gasteiger partial charge in [0.25, 0.3) is 0 Å². The highest BCUT2D eigenvalue weighted by molar-refractivity contribution is 6.23. The topological polar surface area (TPSA) is 110 Å². The third-order valence-corrected chi connectivity index (χ3v) is 20.6. The van der Waals surface area contributed by atoms with Gasteiger partial charge in [0.15, 0.2) is 34.9 Å². The van der Waals surface area contributed by atoms with E-state index in [1.165, 1.54) is 32.7 Å². The number of aromatic nitrogens is 6. The summed E-state index contributed by atoms with van der Waals surface area (Å²) in [6.45, 7) is 0. The Morgan fingerprint density at radius 3 is 0.845 bits per heavy atom. The molecule has 21 rings (SSSR count). The molecule has 0 N–H and O–H groups in total. The van der Waals surface area contributed by atoms with Crippen molar-refractivity contribution >= 4 is 121 Å². The van der Waals surface area contributed by atoms with Crippen LogP contribution >= 0.6 is 0 Å². The first-order chi connectivity index (χ1) is 54.5. The maximum absolute atomic E-state index is 6.86. The summed E-state index contributed by atoms with van der Waals surface area (Å²) in [4.78, 5) is 34.8. The highest BCUT2D eigenvalue weighted by Gasteiger charge is 2.25. The third-order valence-electron chi connectivity index (χ3n) is 20.6.